The first-order valence-corrected chi connectivity index (χ1v) is 12.3. The highest BCUT2D eigenvalue weighted by molar-refractivity contribution is 5.79. The molecule has 2 aliphatic heterocycles. The second-order valence-electron chi connectivity index (χ2n) is 8.67. The number of ether oxygens (including phenoxy) is 3. The molecule has 2 fully saturated rings. The number of rotatable bonds is 13. The van der Waals surface area contributed by atoms with Gasteiger partial charge in [-0.1, -0.05) is 30.3 Å². The first-order valence-electron chi connectivity index (χ1n) is 12.3. The first-order chi connectivity index (χ1) is 15.8. The van der Waals surface area contributed by atoms with Crippen LogP contribution in [0.15, 0.2) is 35.3 Å². The predicted octanol–water partition coefficient (Wildman–Crippen LogP) is 2.81. The SMILES string of the molecule is CN=C(NCCCOCC1CCCO1)NCCCOC1CCN(Cc2ccccc2)CC1. The minimum atomic E-state index is 0.307. The number of hydrogen-bond acceptors (Lipinski definition) is 5. The van der Waals surface area contributed by atoms with E-state index >= 15 is 0 Å². The number of likely N-dealkylation sites (tertiary alicyclic amines) is 1. The number of nitrogens with one attached hydrogen (secondary N) is 2. The van der Waals surface area contributed by atoms with Crippen molar-refractivity contribution in [2.45, 2.75) is 57.3 Å². The molecule has 0 radical (unpaired) electrons. The van der Waals surface area contributed by atoms with Crippen molar-refractivity contribution >= 4 is 5.96 Å². The Morgan fingerprint density at radius 1 is 1.06 bits per heavy atom. The predicted molar refractivity (Wildman–Crippen MR) is 129 cm³/mol. The van der Waals surface area contributed by atoms with Crippen LogP contribution in [-0.2, 0) is 20.8 Å². The number of aliphatic imine (C=N–C) groups is 1. The van der Waals surface area contributed by atoms with Crippen molar-refractivity contribution in [2.24, 2.45) is 4.99 Å². The average Bonchev–Trinajstić information content (AvgIpc) is 3.35. The minimum absolute atomic E-state index is 0.307. The van der Waals surface area contributed by atoms with Crippen LogP contribution in [0, 0.1) is 0 Å². The fourth-order valence-electron chi connectivity index (χ4n) is 4.20. The number of piperidine rings is 1. The Balaban J connectivity index is 1.14. The Morgan fingerprint density at radius 3 is 2.50 bits per heavy atom. The molecule has 1 aromatic rings. The van der Waals surface area contributed by atoms with E-state index in [1.165, 1.54) is 5.56 Å². The van der Waals surface area contributed by atoms with Crippen LogP contribution in [0.4, 0.5) is 0 Å². The van der Waals surface area contributed by atoms with E-state index in [1.807, 2.05) is 7.05 Å². The Kier molecular flexibility index (Phi) is 11.9. The molecular formula is C25H42N4O3. The summed E-state index contributed by atoms with van der Waals surface area (Å²) in [5.41, 5.74) is 1.39. The molecule has 0 aliphatic carbocycles. The van der Waals surface area contributed by atoms with Gasteiger partial charge in [-0.05, 0) is 44.1 Å². The number of benzene rings is 1. The molecule has 32 heavy (non-hydrogen) atoms. The van der Waals surface area contributed by atoms with E-state index in [0.29, 0.717) is 12.2 Å². The molecule has 1 aromatic carbocycles. The second kappa shape index (κ2) is 15.2. The smallest absolute Gasteiger partial charge is 0.190 e. The molecule has 0 spiro atoms. The Labute approximate surface area is 193 Å². The van der Waals surface area contributed by atoms with E-state index in [4.69, 9.17) is 14.2 Å². The maximum atomic E-state index is 6.11. The molecule has 0 amide bonds. The van der Waals surface area contributed by atoms with E-state index in [-0.39, 0.29) is 0 Å². The van der Waals surface area contributed by atoms with E-state index in [1.54, 1.807) is 0 Å². The molecule has 3 rings (SSSR count). The minimum Gasteiger partial charge on any atom is -0.379 e. The van der Waals surface area contributed by atoms with Gasteiger partial charge < -0.3 is 24.8 Å². The summed E-state index contributed by atoms with van der Waals surface area (Å²) < 4.78 is 17.4. The van der Waals surface area contributed by atoms with Gasteiger partial charge in [-0.25, -0.2) is 0 Å². The Hall–Kier alpha value is -1.67. The molecular weight excluding hydrogens is 404 g/mol. The highest BCUT2D eigenvalue weighted by Crippen LogP contribution is 2.16. The molecule has 7 heteroatoms. The maximum Gasteiger partial charge on any atom is 0.190 e. The van der Waals surface area contributed by atoms with Gasteiger partial charge in [0.2, 0.25) is 0 Å². The van der Waals surface area contributed by atoms with Crippen molar-refractivity contribution in [3.05, 3.63) is 35.9 Å². The fourth-order valence-corrected chi connectivity index (χ4v) is 4.20. The van der Waals surface area contributed by atoms with Crippen molar-refractivity contribution in [1.82, 2.24) is 15.5 Å². The largest absolute Gasteiger partial charge is 0.379 e. The van der Waals surface area contributed by atoms with E-state index in [9.17, 15) is 0 Å². The van der Waals surface area contributed by atoms with Gasteiger partial charge >= 0.3 is 0 Å². The first kappa shape index (κ1) is 25.0. The van der Waals surface area contributed by atoms with Crippen LogP contribution in [0.1, 0.15) is 44.1 Å². The van der Waals surface area contributed by atoms with Gasteiger partial charge in [0.25, 0.3) is 0 Å². The lowest BCUT2D eigenvalue weighted by Gasteiger charge is -2.32. The summed E-state index contributed by atoms with van der Waals surface area (Å²) in [5, 5.41) is 6.71. The molecule has 2 heterocycles. The summed E-state index contributed by atoms with van der Waals surface area (Å²) in [6, 6.07) is 10.7. The van der Waals surface area contributed by atoms with Crippen molar-refractivity contribution < 1.29 is 14.2 Å². The zero-order valence-electron chi connectivity index (χ0n) is 19.8. The maximum absolute atomic E-state index is 6.11. The van der Waals surface area contributed by atoms with Crippen molar-refractivity contribution in [1.29, 1.82) is 0 Å². The highest BCUT2D eigenvalue weighted by Gasteiger charge is 2.19. The van der Waals surface area contributed by atoms with Gasteiger partial charge in [-0.3, -0.25) is 9.89 Å². The van der Waals surface area contributed by atoms with Gasteiger partial charge in [0.05, 0.1) is 18.8 Å². The molecule has 1 atom stereocenters. The number of nitrogens with zero attached hydrogens (tertiary/aromatic N) is 2. The molecule has 2 N–H and O–H groups in total. The zero-order valence-corrected chi connectivity index (χ0v) is 19.8. The lowest BCUT2D eigenvalue weighted by atomic mass is 10.1. The summed E-state index contributed by atoms with van der Waals surface area (Å²) >= 11 is 0. The Bertz CT molecular complexity index is 629. The third kappa shape index (κ3) is 9.86. The molecule has 0 aromatic heterocycles. The number of hydrogen-bond donors (Lipinski definition) is 2. The normalized spacial score (nSPS) is 20.5. The van der Waals surface area contributed by atoms with Crippen LogP contribution >= 0.6 is 0 Å². The van der Waals surface area contributed by atoms with Gasteiger partial charge in [0.1, 0.15) is 0 Å². The quantitative estimate of drug-likeness (QED) is 0.276. The van der Waals surface area contributed by atoms with Crippen molar-refractivity contribution in [3.63, 3.8) is 0 Å². The van der Waals surface area contributed by atoms with Crippen molar-refractivity contribution in [2.75, 3.05) is 59.7 Å². The van der Waals surface area contributed by atoms with E-state index in [2.05, 4.69) is 50.9 Å². The molecule has 1 unspecified atom stereocenters. The lowest BCUT2D eigenvalue weighted by molar-refractivity contribution is 0.00534. The molecule has 0 saturated carbocycles. The van der Waals surface area contributed by atoms with Crippen LogP contribution in [0.3, 0.4) is 0 Å². The molecule has 2 aliphatic rings. The topological polar surface area (TPSA) is 67.4 Å². The third-order valence-corrected chi connectivity index (χ3v) is 6.06. The van der Waals surface area contributed by atoms with Crippen LogP contribution < -0.4 is 10.6 Å². The lowest BCUT2D eigenvalue weighted by Crippen LogP contribution is -2.39. The monoisotopic (exact) mass is 446 g/mol. The van der Waals surface area contributed by atoms with Gasteiger partial charge in [-0.15, -0.1) is 0 Å². The Morgan fingerprint density at radius 2 is 1.81 bits per heavy atom. The average molecular weight is 447 g/mol. The highest BCUT2D eigenvalue weighted by atomic mass is 16.5. The summed E-state index contributed by atoms with van der Waals surface area (Å²) in [4.78, 5) is 6.81. The van der Waals surface area contributed by atoms with Crippen LogP contribution in [0.25, 0.3) is 0 Å². The second-order valence-corrected chi connectivity index (χ2v) is 8.67. The summed E-state index contributed by atoms with van der Waals surface area (Å²) in [5.74, 6) is 0.846. The van der Waals surface area contributed by atoms with Crippen LogP contribution in [0.5, 0.6) is 0 Å². The summed E-state index contributed by atoms with van der Waals surface area (Å²) in [6.07, 6.45) is 7.18. The molecule has 0 bridgehead atoms. The molecule has 7 nitrogen and oxygen atoms in total. The molecule has 180 valence electrons. The van der Waals surface area contributed by atoms with Gasteiger partial charge in [-0.2, -0.15) is 0 Å². The van der Waals surface area contributed by atoms with Crippen LogP contribution in [-0.4, -0.2) is 82.7 Å². The van der Waals surface area contributed by atoms with Crippen molar-refractivity contribution in [3.8, 4) is 0 Å². The fraction of sp³-hybridized carbons (Fsp3) is 0.720. The number of guanidine groups is 1. The standard InChI is InChI=1S/C25H42N4O3/c1-26-25(27-13-6-17-30-21-24-10-5-18-32-24)28-14-7-19-31-23-11-15-29(16-12-23)20-22-8-3-2-4-9-22/h2-4,8-9,23-24H,5-7,10-21H2,1H3,(H2,26,27,28). The third-order valence-electron chi connectivity index (χ3n) is 6.06. The van der Waals surface area contributed by atoms with Gasteiger partial charge in [0, 0.05) is 59.6 Å². The summed E-state index contributed by atoms with van der Waals surface area (Å²) in [6.45, 7) is 8.15. The zero-order chi connectivity index (χ0) is 22.3. The van der Waals surface area contributed by atoms with E-state index < -0.39 is 0 Å². The van der Waals surface area contributed by atoms with Gasteiger partial charge in [0.15, 0.2) is 5.96 Å². The summed E-state index contributed by atoms with van der Waals surface area (Å²) in [7, 11) is 1.81. The molecule has 2 saturated heterocycles. The van der Waals surface area contributed by atoms with E-state index in [0.717, 1.165) is 104 Å². The van der Waals surface area contributed by atoms with Crippen LogP contribution in [0.2, 0.25) is 0 Å².